The molecule has 0 saturated heterocycles. The Morgan fingerprint density at radius 3 is 2.57 bits per heavy atom. The first-order valence-corrected chi connectivity index (χ1v) is 6.07. The van der Waals surface area contributed by atoms with Crippen LogP contribution in [0.25, 0.3) is 0 Å². The summed E-state index contributed by atoms with van der Waals surface area (Å²) in [6.45, 7) is 0.222. The number of aromatic nitrogens is 1. The Kier molecular flexibility index (Phi) is 4.26. The molecule has 0 bridgehead atoms. The summed E-state index contributed by atoms with van der Waals surface area (Å²) in [5.74, 6) is -1.76. The van der Waals surface area contributed by atoms with E-state index in [4.69, 9.17) is 10.4 Å². The molecular formula is C15H11N3O3. The van der Waals surface area contributed by atoms with Gasteiger partial charge in [-0.1, -0.05) is 12.1 Å². The van der Waals surface area contributed by atoms with Gasteiger partial charge in [0.25, 0.3) is 5.91 Å². The summed E-state index contributed by atoms with van der Waals surface area (Å²) in [5, 5.41) is 20.3. The minimum Gasteiger partial charge on any atom is -0.478 e. The number of carbonyl (C=O) groups excluding carboxylic acids is 1. The third-order valence-corrected chi connectivity index (χ3v) is 2.79. The SMILES string of the molecule is N#Cc1ccc(CNC(=O)c2ncccc2C(=O)O)cc1. The Balaban J connectivity index is 2.08. The quantitative estimate of drug-likeness (QED) is 0.885. The summed E-state index contributed by atoms with van der Waals surface area (Å²) >= 11 is 0. The lowest BCUT2D eigenvalue weighted by molar-refractivity contribution is 0.0690. The van der Waals surface area contributed by atoms with Gasteiger partial charge in [-0.25, -0.2) is 4.79 Å². The molecule has 0 aliphatic heterocycles. The molecule has 1 heterocycles. The number of carboxylic acids is 1. The monoisotopic (exact) mass is 281 g/mol. The van der Waals surface area contributed by atoms with Crippen molar-refractivity contribution in [3.63, 3.8) is 0 Å². The van der Waals surface area contributed by atoms with E-state index in [1.165, 1.54) is 18.3 Å². The third kappa shape index (κ3) is 3.42. The van der Waals surface area contributed by atoms with Gasteiger partial charge in [-0.05, 0) is 29.8 Å². The maximum atomic E-state index is 12.0. The largest absolute Gasteiger partial charge is 0.478 e. The van der Waals surface area contributed by atoms with E-state index in [1.54, 1.807) is 24.3 Å². The van der Waals surface area contributed by atoms with E-state index in [0.29, 0.717) is 5.56 Å². The number of benzene rings is 1. The molecule has 0 saturated carbocycles. The summed E-state index contributed by atoms with van der Waals surface area (Å²) in [6, 6.07) is 11.5. The highest BCUT2D eigenvalue weighted by atomic mass is 16.4. The topological polar surface area (TPSA) is 103 Å². The summed E-state index contributed by atoms with van der Waals surface area (Å²) in [5.41, 5.74) is 1.06. The summed E-state index contributed by atoms with van der Waals surface area (Å²) in [4.78, 5) is 26.8. The molecule has 104 valence electrons. The van der Waals surface area contributed by atoms with E-state index in [2.05, 4.69) is 10.3 Å². The Bertz CT molecular complexity index is 718. The maximum Gasteiger partial charge on any atom is 0.338 e. The van der Waals surface area contributed by atoms with Crippen molar-refractivity contribution in [1.29, 1.82) is 5.26 Å². The van der Waals surface area contributed by atoms with Gasteiger partial charge in [0, 0.05) is 12.7 Å². The van der Waals surface area contributed by atoms with Crippen molar-refractivity contribution in [3.05, 3.63) is 65.0 Å². The Labute approximate surface area is 120 Å². The first kappa shape index (κ1) is 14.2. The van der Waals surface area contributed by atoms with Gasteiger partial charge >= 0.3 is 5.97 Å². The van der Waals surface area contributed by atoms with Crippen molar-refractivity contribution in [1.82, 2.24) is 10.3 Å². The van der Waals surface area contributed by atoms with Crippen LogP contribution >= 0.6 is 0 Å². The van der Waals surface area contributed by atoms with Crippen LogP contribution in [0.3, 0.4) is 0 Å². The van der Waals surface area contributed by atoms with E-state index < -0.39 is 11.9 Å². The molecule has 0 spiro atoms. The number of carboxylic acid groups (broad SMARTS) is 1. The predicted molar refractivity (Wildman–Crippen MR) is 73.5 cm³/mol. The molecule has 0 aliphatic carbocycles. The molecule has 0 unspecified atom stereocenters. The fourth-order valence-electron chi connectivity index (χ4n) is 1.72. The fourth-order valence-corrected chi connectivity index (χ4v) is 1.72. The van der Waals surface area contributed by atoms with Crippen LogP contribution in [-0.4, -0.2) is 22.0 Å². The van der Waals surface area contributed by atoms with Crippen LogP contribution in [0.15, 0.2) is 42.6 Å². The molecule has 1 aromatic carbocycles. The average molecular weight is 281 g/mol. The van der Waals surface area contributed by atoms with Gasteiger partial charge in [0.15, 0.2) is 0 Å². The van der Waals surface area contributed by atoms with Gasteiger partial charge in [-0.2, -0.15) is 5.26 Å². The molecule has 6 nitrogen and oxygen atoms in total. The standard InChI is InChI=1S/C15H11N3O3/c16-8-10-3-5-11(6-4-10)9-18-14(19)13-12(15(20)21)2-1-7-17-13/h1-7H,9H2,(H,18,19)(H,20,21). The molecule has 0 fully saturated rings. The van der Waals surface area contributed by atoms with Crippen LogP contribution in [0.5, 0.6) is 0 Å². The van der Waals surface area contributed by atoms with E-state index in [0.717, 1.165) is 5.56 Å². The Hall–Kier alpha value is -3.20. The van der Waals surface area contributed by atoms with Gasteiger partial charge < -0.3 is 10.4 Å². The summed E-state index contributed by atoms with van der Waals surface area (Å²) in [6.07, 6.45) is 1.36. The van der Waals surface area contributed by atoms with E-state index >= 15 is 0 Å². The zero-order chi connectivity index (χ0) is 15.2. The molecule has 21 heavy (non-hydrogen) atoms. The molecule has 0 aliphatic rings. The van der Waals surface area contributed by atoms with Gasteiger partial charge in [-0.3, -0.25) is 9.78 Å². The zero-order valence-corrected chi connectivity index (χ0v) is 10.9. The molecular weight excluding hydrogens is 270 g/mol. The number of hydrogen-bond donors (Lipinski definition) is 2. The predicted octanol–water partition coefficient (Wildman–Crippen LogP) is 1.58. The number of amides is 1. The molecule has 2 rings (SSSR count). The van der Waals surface area contributed by atoms with Crippen LogP contribution in [0.4, 0.5) is 0 Å². The minimum atomic E-state index is -1.20. The summed E-state index contributed by atoms with van der Waals surface area (Å²) < 4.78 is 0. The van der Waals surface area contributed by atoms with Crippen LogP contribution in [-0.2, 0) is 6.54 Å². The second-order valence-corrected chi connectivity index (χ2v) is 4.20. The first-order valence-electron chi connectivity index (χ1n) is 6.07. The number of hydrogen-bond acceptors (Lipinski definition) is 4. The van der Waals surface area contributed by atoms with Gasteiger partial charge in [-0.15, -0.1) is 0 Å². The normalized spacial score (nSPS) is 9.67. The molecule has 2 aromatic rings. The number of pyridine rings is 1. The Morgan fingerprint density at radius 1 is 1.24 bits per heavy atom. The average Bonchev–Trinajstić information content (AvgIpc) is 2.53. The third-order valence-electron chi connectivity index (χ3n) is 2.79. The number of aromatic carboxylic acids is 1. The lowest BCUT2D eigenvalue weighted by Gasteiger charge is -2.07. The van der Waals surface area contributed by atoms with Crippen LogP contribution in [0, 0.1) is 11.3 Å². The van der Waals surface area contributed by atoms with Gasteiger partial charge in [0.2, 0.25) is 0 Å². The molecule has 2 N–H and O–H groups in total. The lowest BCUT2D eigenvalue weighted by Crippen LogP contribution is -2.26. The Morgan fingerprint density at radius 2 is 1.95 bits per heavy atom. The highest BCUT2D eigenvalue weighted by Crippen LogP contribution is 2.07. The van der Waals surface area contributed by atoms with Crippen molar-refractivity contribution >= 4 is 11.9 Å². The molecule has 1 amide bonds. The van der Waals surface area contributed by atoms with E-state index in [1.807, 2.05) is 6.07 Å². The number of rotatable bonds is 4. The van der Waals surface area contributed by atoms with Crippen molar-refractivity contribution in [2.45, 2.75) is 6.54 Å². The fraction of sp³-hybridized carbons (Fsp3) is 0.0667. The minimum absolute atomic E-state index is 0.126. The number of nitriles is 1. The molecule has 6 heteroatoms. The van der Waals surface area contributed by atoms with E-state index in [9.17, 15) is 9.59 Å². The van der Waals surface area contributed by atoms with Crippen LogP contribution in [0.1, 0.15) is 32.0 Å². The van der Waals surface area contributed by atoms with Crippen molar-refractivity contribution in [2.24, 2.45) is 0 Å². The maximum absolute atomic E-state index is 12.0. The molecule has 0 radical (unpaired) electrons. The van der Waals surface area contributed by atoms with Crippen molar-refractivity contribution in [3.8, 4) is 6.07 Å². The number of nitrogens with zero attached hydrogens (tertiary/aromatic N) is 2. The van der Waals surface area contributed by atoms with Gasteiger partial charge in [0.05, 0.1) is 17.2 Å². The highest BCUT2D eigenvalue weighted by Gasteiger charge is 2.17. The van der Waals surface area contributed by atoms with Crippen LogP contribution < -0.4 is 5.32 Å². The highest BCUT2D eigenvalue weighted by molar-refractivity contribution is 6.03. The molecule has 1 aromatic heterocycles. The lowest BCUT2D eigenvalue weighted by atomic mass is 10.1. The summed E-state index contributed by atoms with van der Waals surface area (Å²) in [7, 11) is 0. The number of carbonyl (C=O) groups is 2. The van der Waals surface area contributed by atoms with Crippen molar-refractivity contribution in [2.75, 3.05) is 0 Å². The van der Waals surface area contributed by atoms with Gasteiger partial charge in [0.1, 0.15) is 5.69 Å². The van der Waals surface area contributed by atoms with Crippen LogP contribution in [0.2, 0.25) is 0 Å². The second-order valence-electron chi connectivity index (χ2n) is 4.20. The molecule has 0 atom stereocenters. The smallest absolute Gasteiger partial charge is 0.338 e. The van der Waals surface area contributed by atoms with E-state index in [-0.39, 0.29) is 17.8 Å². The first-order chi connectivity index (χ1) is 10.1. The zero-order valence-electron chi connectivity index (χ0n) is 10.9. The number of nitrogens with one attached hydrogen (secondary N) is 1. The van der Waals surface area contributed by atoms with Crippen molar-refractivity contribution < 1.29 is 14.7 Å². The second kappa shape index (κ2) is 6.30.